The normalized spacial score (nSPS) is 12.2. The molecule has 0 spiro atoms. The monoisotopic (exact) mass is 194 g/mol. The lowest BCUT2D eigenvalue weighted by Gasteiger charge is -2.18. The van der Waals surface area contributed by atoms with Crippen LogP contribution in [0.1, 0.15) is 51.1 Å². The molecule has 1 aromatic heterocycles. The molecule has 14 heavy (non-hydrogen) atoms. The fourth-order valence-electron chi connectivity index (χ4n) is 1.05. The quantitative estimate of drug-likeness (QED) is 0.774. The molecule has 0 radical (unpaired) electrons. The number of nitrogens with zero attached hydrogens (tertiary/aromatic N) is 3. The Morgan fingerprint density at radius 1 is 1.14 bits per heavy atom. The standard InChI is InChI=1S/C10H18N4/c1-6(2)8-12-7(3)13-9(14-8)10(4,5)11/h6H,11H2,1-5H3. The zero-order valence-electron chi connectivity index (χ0n) is 9.50. The molecule has 78 valence electrons. The highest BCUT2D eigenvalue weighted by Gasteiger charge is 2.20. The first-order valence-electron chi connectivity index (χ1n) is 4.82. The summed E-state index contributed by atoms with van der Waals surface area (Å²) < 4.78 is 0. The van der Waals surface area contributed by atoms with Gasteiger partial charge < -0.3 is 5.73 Å². The van der Waals surface area contributed by atoms with Gasteiger partial charge in [-0.25, -0.2) is 15.0 Å². The van der Waals surface area contributed by atoms with E-state index in [1.807, 2.05) is 20.8 Å². The minimum Gasteiger partial charge on any atom is -0.319 e. The molecule has 4 heteroatoms. The third kappa shape index (κ3) is 2.48. The van der Waals surface area contributed by atoms with Gasteiger partial charge in [0.25, 0.3) is 0 Å². The summed E-state index contributed by atoms with van der Waals surface area (Å²) in [4.78, 5) is 12.9. The molecular formula is C10H18N4. The van der Waals surface area contributed by atoms with E-state index in [0.29, 0.717) is 11.7 Å². The van der Waals surface area contributed by atoms with E-state index >= 15 is 0 Å². The van der Waals surface area contributed by atoms with E-state index in [1.165, 1.54) is 0 Å². The first-order valence-corrected chi connectivity index (χ1v) is 4.82. The van der Waals surface area contributed by atoms with Crippen LogP contribution >= 0.6 is 0 Å². The Morgan fingerprint density at radius 3 is 2.14 bits per heavy atom. The Hall–Kier alpha value is -1.03. The SMILES string of the molecule is Cc1nc(C(C)C)nc(C(C)(C)N)n1. The lowest BCUT2D eigenvalue weighted by atomic mass is 10.1. The molecule has 0 aromatic carbocycles. The predicted octanol–water partition coefficient (Wildman–Crippen LogP) is 1.50. The summed E-state index contributed by atoms with van der Waals surface area (Å²) in [6, 6.07) is 0. The Labute approximate surface area is 85.0 Å². The van der Waals surface area contributed by atoms with Crippen molar-refractivity contribution in [3.05, 3.63) is 17.5 Å². The minimum absolute atomic E-state index is 0.304. The van der Waals surface area contributed by atoms with Gasteiger partial charge in [-0.2, -0.15) is 0 Å². The van der Waals surface area contributed by atoms with E-state index in [0.717, 1.165) is 11.6 Å². The van der Waals surface area contributed by atoms with Crippen molar-refractivity contribution < 1.29 is 0 Å². The number of aromatic nitrogens is 3. The second kappa shape index (κ2) is 3.61. The molecule has 4 nitrogen and oxygen atoms in total. The number of nitrogens with two attached hydrogens (primary N) is 1. The maximum Gasteiger partial charge on any atom is 0.151 e. The van der Waals surface area contributed by atoms with E-state index in [-0.39, 0.29) is 0 Å². The van der Waals surface area contributed by atoms with Crippen molar-refractivity contribution in [1.82, 2.24) is 15.0 Å². The first-order chi connectivity index (χ1) is 6.30. The van der Waals surface area contributed by atoms with Crippen LogP contribution in [-0.4, -0.2) is 15.0 Å². The lowest BCUT2D eigenvalue weighted by molar-refractivity contribution is 0.500. The summed E-state index contributed by atoms with van der Waals surface area (Å²) in [6.45, 7) is 9.77. The molecule has 0 amide bonds. The van der Waals surface area contributed by atoms with E-state index < -0.39 is 5.54 Å². The zero-order valence-corrected chi connectivity index (χ0v) is 9.50. The molecule has 0 saturated carbocycles. The van der Waals surface area contributed by atoms with Crippen LogP contribution in [0.3, 0.4) is 0 Å². The van der Waals surface area contributed by atoms with Gasteiger partial charge in [0, 0.05) is 5.92 Å². The van der Waals surface area contributed by atoms with Crippen LogP contribution in [0, 0.1) is 6.92 Å². The fraction of sp³-hybridized carbons (Fsp3) is 0.700. The van der Waals surface area contributed by atoms with Gasteiger partial charge in [-0.3, -0.25) is 0 Å². The van der Waals surface area contributed by atoms with Gasteiger partial charge in [0.1, 0.15) is 11.6 Å². The molecule has 0 saturated heterocycles. The highest BCUT2D eigenvalue weighted by molar-refractivity contribution is 5.06. The van der Waals surface area contributed by atoms with Crippen molar-refractivity contribution in [2.75, 3.05) is 0 Å². The topological polar surface area (TPSA) is 64.7 Å². The van der Waals surface area contributed by atoms with Crippen molar-refractivity contribution in [2.24, 2.45) is 5.73 Å². The van der Waals surface area contributed by atoms with Gasteiger partial charge in [-0.05, 0) is 20.8 Å². The van der Waals surface area contributed by atoms with Crippen molar-refractivity contribution in [2.45, 2.75) is 46.1 Å². The van der Waals surface area contributed by atoms with Gasteiger partial charge in [-0.1, -0.05) is 13.8 Å². The molecule has 1 aromatic rings. The molecule has 0 atom stereocenters. The molecule has 0 aliphatic heterocycles. The van der Waals surface area contributed by atoms with Crippen LogP contribution in [0.4, 0.5) is 0 Å². The smallest absolute Gasteiger partial charge is 0.151 e. The molecular weight excluding hydrogens is 176 g/mol. The van der Waals surface area contributed by atoms with Crippen molar-refractivity contribution in [3.63, 3.8) is 0 Å². The Kier molecular flexibility index (Phi) is 2.85. The number of hydrogen-bond donors (Lipinski definition) is 1. The predicted molar refractivity (Wildman–Crippen MR) is 55.9 cm³/mol. The van der Waals surface area contributed by atoms with E-state index in [1.54, 1.807) is 0 Å². The van der Waals surface area contributed by atoms with Gasteiger partial charge in [-0.15, -0.1) is 0 Å². The average Bonchev–Trinajstić information content (AvgIpc) is 2.01. The number of hydrogen-bond acceptors (Lipinski definition) is 4. The largest absolute Gasteiger partial charge is 0.319 e. The maximum absolute atomic E-state index is 5.94. The summed E-state index contributed by atoms with van der Waals surface area (Å²) in [5.74, 6) is 2.51. The molecule has 0 aliphatic rings. The first kappa shape index (κ1) is 11.0. The second-order valence-electron chi connectivity index (χ2n) is 4.44. The molecule has 0 fully saturated rings. The van der Waals surface area contributed by atoms with Crippen LogP contribution in [0.2, 0.25) is 0 Å². The van der Waals surface area contributed by atoms with Gasteiger partial charge in [0.05, 0.1) is 5.54 Å². The van der Waals surface area contributed by atoms with Crippen molar-refractivity contribution in [1.29, 1.82) is 0 Å². The summed E-state index contributed by atoms with van der Waals surface area (Å²) in [7, 11) is 0. The Bertz CT molecular complexity index is 325. The summed E-state index contributed by atoms with van der Waals surface area (Å²) in [6.07, 6.45) is 0. The third-order valence-electron chi connectivity index (χ3n) is 1.86. The Balaban J connectivity index is 3.21. The van der Waals surface area contributed by atoms with Gasteiger partial charge in [0.2, 0.25) is 0 Å². The second-order valence-corrected chi connectivity index (χ2v) is 4.44. The van der Waals surface area contributed by atoms with E-state index in [9.17, 15) is 0 Å². The van der Waals surface area contributed by atoms with Gasteiger partial charge >= 0.3 is 0 Å². The average molecular weight is 194 g/mol. The van der Waals surface area contributed by atoms with Crippen LogP contribution in [0.25, 0.3) is 0 Å². The van der Waals surface area contributed by atoms with Crippen LogP contribution < -0.4 is 5.73 Å². The Morgan fingerprint density at radius 2 is 1.71 bits per heavy atom. The third-order valence-corrected chi connectivity index (χ3v) is 1.86. The summed E-state index contributed by atoms with van der Waals surface area (Å²) in [5.41, 5.74) is 5.44. The highest BCUT2D eigenvalue weighted by atomic mass is 15.1. The maximum atomic E-state index is 5.94. The van der Waals surface area contributed by atoms with Crippen molar-refractivity contribution >= 4 is 0 Å². The molecule has 0 bridgehead atoms. The molecule has 0 aliphatic carbocycles. The highest BCUT2D eigenvalue weighted by Crippen LogP contribution is 2.15. The summed E-state index contributed by atoms with van der Waals surface area (Å²) >= 11 is 0. The lowest BCUT2D eigenvalue weighted by Crippen LogP contribution is -2.32. The van der Waals surface area contributed by atoms with Crippen LogP contribution in [0.15, 0.2) is 0 Å². The molecule has 1 heterocycles. The minimum atomic E-state index is -0.503. The fourth-order valence-corrected chi connectivity index (χ4v) is 1.05. The molecule has 1 rings (SSSR count). The molecule has 0 unspecified atom stereocenters. The van der Waals surface area contributed by atoms with Crippen LogP contribution in [-0.2, 0) is 5.54 Å². The number of aryl methyl sites for hydroxylation is 1. The number of rotatable bonds is 2. The van der Waals surface area contributed by atoms with Gasteiger partial charge in [0.15, 0.2) is 5.82 Å². The molecule has 2 N–H and O–H groups in total. The van der Waals surface area contributed by atoms with E-state index in [2.05, 4.69) is 28.8 Å². The van der Waals surface area contributed by atoms with Crippen molar-refractivity contribution in [3.8, 4) is 0 Å². The van der Waals surface area contributed by atoms with E-state index in [4.69, 9.17) is 5.73 Å². The van der Waals surface area contributed by atoms with Crippen LogP contribution in [0.5, 0.6) is 0 Å². The zero-order chi connectivity index (χ0) is 10.9. The summed E-state index contributed by atoms with van der Waals surface area (Å²) in [5, 5.41) is 0.